The van der Waals surface area contributed by atoms with E-state index in [0.29, 0.717) is 0 Å². The summed E-state index contributed by atoms with van der Waals surface area (Å²) in [5.74, 6) is -1.42. The van der Waals surface area contributed by atoms with Crippen molar-refractivity contribution >= 4 is 17.8 Å². The Morgan fingerprint density at radius 3 is 1.10 bits per heavy atom. The minimum Gasteiger partial charge on any atom is -0.271 e. The lowest BCUT2D eigenvalue weighted by Crippen LogP contribution is -2.66. The third kappa shape index (κ3) is 12.2. The van der Waals surface area contributed by atoms with Gasteiger partial charge in [0.2, 0.25) is 0 Å². The normalized spacial score (nSPS) is 15.6. The van der Waals surface area contributed by atoms with Crippen LogP contribution in [0.15, 0.2) is 0 Å². The maximum Gasteiger partial charge on any atom is 0.382 e. The second kappa shape index (κ2) is 22.2. The molecule has 1 fully saturated rings. The molecule has 4 amide bonds. The Labute approximate surface area is 246 Å². The second-order valence-corrected chi connectivity index (χ2v) is 12.0. The van der Waals surface area contributed by atoms with Crippen molar-refractivity contribution in [3.05, 3.63) is 0 Å². The molecular weight excluding hydrogens is 504 g/mol. The van der Waals surface area contributed by atoms with E-state index in [1.807, 2.05) is 20.8 Å². The number of amides is 4. The topological polar surface area (TPSA) is 76.2 Å². The maximum atomic E-state index is 13.4. The van der Waals surface area contributed by atoms with E-state index in [9.17, 15) is 14.4 Å². The fraction of sp³-hybridized carbons (Fsp3) is 0.909. The molecule has 0 N–H and O–H groups in total. The first-order chi connectivity index (χ1) is 19.4. The smallest absolute Gasteiger partial charge is 0.271 e. The summed E-state index contributed by atoms with van der Waals surface area (Å²) in [6.07, 6.45) is 24.1. The van der Waals surface area contributed by atoms with E-state index >= 15 is 0 Å². The van der Waals surface area contributed by atoms with Crippen molar-refractivity contribution in [2.75, 3.05) is 13.2 Å². The summed E-state index contributed by atoms with van der Waals surface area (Å²) in [7, 11) is 0. The zero-order valence-electron chi connectivity index (χ0n) is 26.8. The molecule has 0 atom stereocenters. The summed E-state index contributed by atoms with van der Waals surface area (Å²) in [5, 5.41) is 1.61. The van der Waals surface area contributed by atoms with Gasteiger partial charge in [0.15, 0.2) is 0 Å². The molecule has 0 aliphatic carbocycles. The molecule has 0 aromatic rings. The lowest BCUT2D eigenvalue weighted by molar-refractivity contribution is -0.227. The van der Waals surface area contributed by atoms with Gasteiger partial charge in [-0.25, -0.2) is 4.79 Å². The number of urea groups is 1. The molecule has 1 saturated heterocycles. The van der Waals surface area contributed by atoms with Gasteiger partial charge in [-0.15, -0.1) is 10.1 Å². The van der Waals surface area contributed by atoms with Crippen LogP contribution in [0, 0.1) is 11.3 Å². The van der Waals surface area contributed by atoms with Crippen LogP contribution in [0.2, 0.25) is 0 Å². The molecule has 7 heteroatoms. The van der Waals surface area contributed by atoms with Crippen LogP contribution in [-0.2, 0) is 19.3 Å². The van der Waals surface area contributed by atoms with Crippen molar-refractivity contribution in [1.29, 1.82) is 0 Å². The van der Waals surface area contributed by atoms with Gasteiger partial charge in [-0.1, -0.05) is 150 Å². The third-order valence-electron chi connectivity index (χ3n) is 8.46. The summed E-state index contributed by atoms with van der Waals surface area (Å²) in [6, 6.07) is -0.820. The first kappa shape index (κ1) is 36.6. The number of carbonyl (C=O) groups excluding carboxylic acids is 3. The number of nitrogens with zero attached hydrogens (tertiary/aromatic N) is 2. The van der Waals surface area contributed by atoms with Gasteiger partial charge in [0, 0.05) is 0 Å². The van der Waals surface area contributed by atoms with Crippen LogP contribution in [0.5, 0.6) is 0 Å². The second-order valence-electron chi connectivity index (χ2n) is 12.0. The van der Waals surface area contributed by atoms with E-state index in [2.05, 4.69) is 13.8 Å². The molecule has 1 rings (SSSR count). The maximum absolute atomic E-state index is 13.4. The Morgan fingerprint density at radius 1 is 0.525 bits per heavy atom. The highest BCUT2D eigenvalue weighted by atomic mass is 16.7. The van der Waals surface area contributed by atoms with Crippen LogP contribution in [0.1, 0.15) is 169 Å². The molecule has 1 aliphatic rings. The average molecular weight is 567 g/mol. The summed E-state index contributed by atoms with van der Waals surface area (Å²) < 4.78 is 0. The van der Waals surface area contributed by atoms with Crippen LogP contribution >= 0.6 is 0 Å². The van der Waals surface area contributed by atoms with Crippen molar-refractivity contribution in [3.63, 3.8) is 0 Å². The van der Waals surface area contributed by atoms with Crippen LogP contribution in [0.25, 0.3) is 0 Å². The van der Waals surface area contributed by atoms with Gasteiger partial charge >= 0.3 is 6.03 Å². The van der Waals surface area contributed by atoms with E-state index in [1.54, 1.807) is 0 Å². The van der Waals surface area contributed by atoms with E-state index in [4.69, 9.17) is 9.68 Å². The standard InChI is InChI=1S/C33H62N2O5/c1-6-9-11-13-15-17-19-21-23-25-27-39-34-30(36)33(8-3,29(4)5)31(37)35(32(34)38)40-28-26-24-22-20-18-16-14-12-10-7-2/h29H,6-28H2,1-5H3. The predicted octanol–water partition coefficient (Wildman–Crippen LogP) is 9.53. The van der Waals surface area contributed by atoms with Gasteiger partial charge in [-0.05, 0) is 25.2 Å². The molecule has 0 bridgehead atoms. The molecule has 0 radical (unpaired) electrons. The van der Waals surface area contributed by atoms with Gasteiger partial charge in [0.25, 0.3) is 11.8 Å². The van der Waals surface area contributed by atoms with Crippen LogP contribution in [-0.4, -0.2) is 41.2 Å². The molecular formula is C33H62N2O5. The van der Waals surface area contributed by atoms with Gasteiger partial charge in [0.1, 0.15) is 5.41 Å². The highest BCUT2D eigenvalue weighted by Gasteiger charge is 2.59. The largest absolute Gasteiger partial charge is 0.382 e. The van der Waals surface area contributed by atoms with Crippen molar-refractivity contribution in [2.24, 2.45) is 11.3 Å². The van der Waals surface area contributed by atoms with Crippen LogP contribution in [0.4, 0.5) is 4.79 Å². The first-order valence-electron chi connectivity index (χ1n) is 16.9. The van der Waals surface area contributed by atoms with Gasteiger partial charge in [0.05, 0.1) is 13.2 Å². The number of rotatable bonds is 26. The molecule has 0 saturated carbocycles. The van der Waals surface area contributed by atoms with Gasteiger partial charge < -0.3 is 0 Å². The summed E-state index contributed by atoms with van der Waals surface area (Å²) in [6.45, 7) is 10.5. The number of hydroxylamine groups is 4. The monoisotopic (exact) mass is 566 g/mol. The summed E-state index contributed by atoms with van der Waals surface area (Å²) in [4.78, 5) is 51.5. The lowest BCUT2D eigenvalue weighted by Gasteiger charge is -2.43. The molecule has 0 aromatic carbocycles. The number of hydrogen-bond acceptors (Lipinski definition) is 5. The Hall–Kier alpha value is -1.47. The molecule has 0 spiro atoms. The molecule has 1 heterocycles. The Kier molecular flexibility index (Phi) is 20.3. The molecule has 0 unspecified atom stereocenters. The first-order valence-corrected chi connectivity index (χ1v) is 16.9. The fourth-order valence-corrected chi connectivity index (χ4v) is 5.63. The number of imide groups is 2. The Bertz CT molecular complexity index is 648. The summed E-state index contributed by atoms with van der Waals surface area (Å²) >= 11 is 0. The van der Waals surface area contributed by atoms with E-state index < -0.39 is 23.3 Å². The number of barbiturate groups is 1. The van der Waals surface area contributed by atoms with Crippen LogP contribution < -0.4 is 0 Å². The van der Waals surface area contributed by atoms with Crippen molar-refractivity contribution < 1.29 is 24.1 Å². The zero-order chi connectivity index (χ0) is 29.6. The third-order valence-corrected chi connectivity index (χ3v) is 8.46. The van der Waals surface area contributed by atoms with E-state index in [0.717, 1.165) is 48.7 Å². The molecule has 234 valence electrons. The molecule has 7 nitrogen and oxygen atoms in total. The van der Waals surface area contributed by atoms with Crippen molar-refractivity contribution in [2.45, 2.75) is 169 Å². The van der Waals surface area contributed by atoms with Gasteiger partial charge in [-0.2, -0.15) is 0 Å². The van der Waals surface area contributed by atoms with Crippen molar-refractivity contribution in [1.82, 2.24) is 10.1 Å². The Balaban J connectivity index is 2.50. The van der Waals surface area contributed by atoms with Crippen molar-refractivity contribution in [3.8, 4) is 0 Å². The SMILES string of the molecule is CCCCCCCCCCCCON1C(=O)N(OCCCCCCCCCCCC)C(=O)C(CC)(C(C)C)C1=O. The van der Waals surface area contributed by atoms with Crippen LogP contribution in [0.3, 0.4) is 0 Å². The minimum atomic E-state index is -1.36. The zero-order valence-corrected chi connectivity index (χ0v) is 26.8. The lowest BCUT2D eigenvalue weighted by atomic mass is 9.72. The fourth-order valence-electron chi connectivity index (χ4n) is 5.63. The average Bonchev–Trinajstić information content (AvgIpc) is 2.93. The quantitative estimate of drug-likeness (QED) is 0.0769. The number of hydrogen-bond donors (Lipinski definition) is 0. The number of carbonyl (C=O) groups is 3. The van der Waals surface area contributed by atoms with Gasteiger partial charge in [-0.3, -0.25) is 19.3 Å². The molecule has 1 aliphatic heterocycles. The van der Waals surface area contributed by atoms with E-state index in [1.165, 1.54) is 89.9 Å². The predicted molar refractivity (Wildman–Crippen MR) is 162 cm³/mol. The number of unbranched alkanes of at least 4 members (excludes halogenated alkanes) is 18. The highest BCUT2D eigenvalue weighted by Crippen LogP contribution is 2.40. The van der Waals surface area contributed by atoms with E-state index in [-0.39, 0.29) is 25.6 Å². The Morgan fingerprint density at radius 2 is 0.825 bits per heavy atom. The highest BCUT2D eigenvalue weighted by molar-refractivity contribution is 6.17. The molecule has 40 heavy (non-hydrogen) atoms. The summed E-state index contributed by atoms with van der Waals surface area (Å²) in [5.41, 5.74) is -1.36. The molecule has 0 aromatic heterocycles. The minimum absolute atomic E-state index is 0.270.